The molecule has 0 unspecified atom stereocenters. The predicted molar refractivity (Wildman–Crippen MR) is 92.7 cm³/mol. The number of rotatable bonds is 6. The van der Waals surface area contributed by atoms with Crippen LogP contribution in [0.5, 0.6) is 5.75 Å². The molecule has 2 aromatic rings. The summed E-state index contributed by atoms with van der Waals surface area (Å²) in [6.07, 6.45) is 0. The lowest BCUT2D eigenvalue weighted by Gasteiger charge is -2.10. The molecular weight excluding hydrogens is 353 g/mol. The van der Waals surface area contributed by atoms with Gasteiger partial charge in [0.2, 0.25) is 0 Å². The second kappa shape index (κ2) is 8.57. The minimum absolute atomic E-state index is 0.300. The van der Waals surface area contributed by atoms with E-state index in [-0.39, 0.29) is 6.61 Å². The molecule has 0 fully saturated rings. The molecule has 1 N–H and O–H groups in total. The van der Waals surface area contributed by atoms with E-state index in [1.165, 1.54) is 0 Å². The summed E-state index contributed by atoms with van der Waals surface area (Å²) in [5.74, 6) is -0.626. The summed E-state index contributed by atoms with van der Waals surface area (Å²) in [7, 11) is 0. The van der Waals surface area contributed by atoms with Crippen LogP contribution >= 0.6 is 23.2 Å². The molecule has 2 aromatic carbocycles. The van der Waals surface area contributed by atoms with Crippen LogP contribution < -0.4 is 10.1 Å². The second-order valence-corrected chi connectivity index (χ2v) is 5.78. The number of hydrogen-bond acceptors (Lipinski definition) is 4. The van der Waals surface area contributed by atoms with E-state index in [4.69, 9.17) is 32.7 Å². The number of aryl methyl sites for hydroxylation is 1. The van der Waals surface area contributed by atoms with Crippen LogP contribution in [-0.2, 0) is 14.3 Å². The van der Waals surface area contributed by atoms with Crippen LogP contribution in [0.3, 0.4) is 0 Å². The maximum atomic E-state index is 11.8. The molecule has 0 spiro atoms. The lowest BCUT2D eigenvalue weighted by Crippen LogP contribution is -2.24. The van der Waals surface area contributed by atoms with E-state index in [0.717, 1.165) is 5.56 Å². The first kappa shape index (κ1) is 18.1. The Labute approximate surface area is 149 Å². The highest BCUT2D eigenvalue weighted by molar-refractivity contribution is 6.31. The Kier molecular flexibility index (Phi) is 6.46. The van der Waals surface area contributed by atoms with E-state index < -0.39 is 18.5 Å². The van der Waals surface area contributed by atoms with Crippen molar-refractivity contribution >= 4 is 40.8 Å². The van der Waals surface area contributed by atoms with Gasteiger partial charge in [-0.25, -0.2) is 4.79 Å². The van der Waals surface area contributed by atoms with Gasteiger partial charge in [-0.2, -0.15) is 0 Å². The van der Waals surface area contributed by atoms with Crippen molar-refractivity contribution in [2.75, 3.05) is 18.5 Å². The number of benzene rings is 2. The van der Waals surface area contributed by atoms with Gasteiger partial charge in [-0.1, -0.05) is 29.3 Å². The summed E-state index contributed by atoms with van der Waals surface area (Å²) in [4.78, 5) is 23.4. The molecule has 0 saturated heterocycles. The Morgan fingerprint density at radius 3 is 2.38 bits per heavy atom. The number of esters is 1. The molecule has 1 amide bonds. The molecule has 0 aromatic heterocycles. The fourth-order valence-corrected chi connectivity index (χ4v) is 2.07. The van der Waals surface area contributed by atoms with Gasteiger partial charge in [-0.15, -0.1) is 0 Å². The molecule has 24 heavy (non-hydrogen) atoms. The van der Waals surface area contributed by atoms with E-state index >= 15 is 0 Å². The molecule has 0 aliphatic carbocycles. The molecular formula is C17H15Cl2NO4. The van der Waals surface area contributed by atoms with E-state index in [1.807, 2.05) is 6.92 Å². The maximum absolute atomic E-state index is 11.8. The van der Waals surface area contributed by atoms with Crippen molar-refractivity contribution in [1.82, 2.24) is 0 Å². The third-order valence-electron chi connectivity index (χ3n) is 3.01. The van der Waals surface area contributed by atoms with Gasteiger partial charge in [0.05, 0.1) is 0 Å². The smallest absolute Gasteiger partial charge is 0.344 e. The van der Waals surface area contributed by atoms with Crippen molar-refractivity contribution in [3.8, 4) is 5.75 Å². The highest BCUT2D eigenvalue weighted by Crippen LogP contribution is 2.20. The topological polar surface area (TPSA) is 64.6 Å². The summed E-state index contributed by atoms with van der Waals surface area (Å²) in [6.45, 7) is 1.12. The molecule has 0 bridgehead atoms. The van der Waals surface area contributed by atoms with E-state index in [1.54, 1.807) is 42.5 Å². The lowest BCUT2D eigenvalue weighted by atomic mass is 10.2. The molecule has 0 aliphatic heterocycles. The molecule has 0 heterocycles. The van der Waals surface area contributed by atoms with Crippen LogP contribution in [0.25, 0.3) is 0 Å². The first-order chi connectivity index (χ1) is 11.4. The largest absolute Gasteiger partial charge is 0.482 e. The molecule has 126 valence electrons. The van der Waals surface area contributed by atoms with Crippen molar-refractivity contribution in [2.24, 2.45) is 0 Å². The Hall–Kier alpha value is -2.24. The predicted octanol–water partition coefficient (Wildman–Crippen LogP) is 3.86. The molecule has 5 nitrogen and oxygen atoms in total. The average molecular weight is 368 g/mol. The van der Waals surface area contributed by atoms with E-state index in [2.05, 4.69) is 5.32 Å². The molecule has 0 saturated carbocycles. The summed E-state index contributed by atoms with van der Waals surface area (Å²) in [5.41, 5.74) is 1.42. The minimum atomic E-state index is -0.650. The first-order valence-corrected chi connectivity index (χ1v) is 7.79. The Bertz CT molecular complexity index is 732. The van der Waals surface area contributed by atoms with Gasteiger partial charge in [0.1, 0.15) is 5.75 Å². The third-order valence-corrected chi connectivity index (χ3v) is 3.50. The summed E-state index contributed by atoms with van der Waals surface area (Å²) < 4.78 is 10.1. The number of carbonyl (C=O) groups excluding carboxylic acids is 2. The Morgan fingerprint density at radius 2 is 1.67 bits per heavy atom. The van der Waals surface area contributed by atoms with E-state index in [0.29, 0.717) is 21.5 Å². The van der Waals surface area contributed by atoms with E-state index in [9.17, 15) is 9.59 Å². The second-order valence-electron chi connectivity index (χ2n) is 4.91. The van der Waals surface area contributed by atoms with Gasteiger partial charge < -0.3 is 14.8 Å². The van der Waals surface area contributed by atoms with Crippen LogP contribution in [0.2, 0.25) is 10.0 Å². The number of carbonyl (C=O) groups is 2. The van der Waals surface area contributed by atoms with Gasteiger partial charge >= 0.3 is 5.97 Å². The molecule has 0 aliphatic rings. The van der Waals surface area contributed by atoms with Crippen LogP contribution in [0.1, 0.15) is 5.56 Å². The summed E-state index contributed by atoms with van der Waals surface area (Å²) in [5, 5.41) is 3.70. The highest BCUT2D eigenvalue weighted by atomic mass is 35.5. The first-order valence-electron chi connectivity index (χ1n) is 7.04. The number of amides is 1. The zero-order valence-corrected chi connectivity index (χ0v) is 14.4. The van der Waals surface area contributed by atoms with Crippen molar-refractivity contribution in [2.45, 2.75) is 6.92 Å². The fourth-order valence-electron chi connectivity index (χ4n) is 1.78. The standard InChI is InChI=1S/C17H15Cl2NO4/c1-11-2-3-13(19)8-15(11)20-16(21)9-24-17(22)10-23-14-6-4-12(18)5-7-14/h2-8H,9-10H2,1H3,(H,20,21). The Balaban J connectivity index is 1.75. The van der Waals surface area contributed by atoms with Gasteiger partial charge in [0, 0.05) is 15.7 Å². The average Bonchev–Trinajstić information content (AvgIpc) is 2.56. The van der Waals surface area contributed by atoms with Crippen molar-refractivity contribution < 1.29 is 19.1 Å². The number of halogens is 2. The SMILES string of the molecule is Cc1ccc(Cl)cc1NC(=O)COC(=O)COc1ccc(Cl)cc1. The zero-order valence-electron chi connectivity index (χ0n) is 12.8. The maximum Gasteiger partial charge on any atom is 0.344 e. The quantitative estimate of drug-likeness (QED) is 0.787. The lowest BCUT2D eigenvalue weighted by molar-refractivity contribution is -0.149. The van der Waals surface area contributed by atoms with Crippen LogP contribution in [0.15, 0.2) is 42.5 Å². The van der Waals surface area contributed by atoms with Crippen molar-refractivity contribution in [1.29, 1.82) is 0 Å². The summed E-state index contributed by atoms with van der Waals surface area (Å²) in [6, 6.07) is 11.7. The van der Waals surface area contributed by atoms with Gasteiger partial charge in [-0.05, 0) is 48.9 Å². The van der Waals surface area contributed by atoms with Gasteiger partial charge in [-0.3, -0.25) is 4.79 Å². The minimum Gasteiger partial charge on any atom is -0.482 e. The number of hydrogen-bond donors (Lipinski definition) is 1. The monoisotopic (exact) mass is 367 g/mol. The van der Waals surface area contributed by atoms with Gasteiger partial charge in [0.25, 0.3) is 5.91 Å². The van der Waals surface area contributed by atoms with Crippen LogP contribution in [0, 0.1) is 6.92 Å². The number of nitrogens with one attached hydrogen (secondary N) is 1. The molecule has 0 atom stereocenters. The molecule has 0 radical (unpaired) electrons. The summed E-state index contributed by atoms with van der Waals surface area (Å²) >= 11 is 11.6. The molecule has 7 heteroatoms. The van der Waals surface area contributed by atoms with Crippen LogP contribution in [-0.4, -0.2) is 25.1 Å². The normalized spacial score (nSPS) is 10.1. The van der Waals surface area contributed by atoms with Crippen LogP contribution in [0.4, 0.5) is 5.69 Å². The highest BCUT2D eigenvalue weighted by Gasteiger charge is 2.10. The van der Waals surface area contributed by atoms with Gasteiger partial charge in [0.15, 0.2) is 13.2 Å². The zero-order chi connectivity index (χ0) is 17.5. The third kappa shape index (κ3) is 5.76. The molecule has 2 rings (SSSR count). The number of ether oxygens (including phenoxy) is 2. The Morgan fingerprint density at radius 1 is 1.00 bits per heavy atom. The van der Waals surface area contributed by atoms with Crippen molar-refractivity contribution in [3.05, 3.63) is 58.1 Å². The number of anilines is 1. The van der Waals surface area contributed by atoms with Crippen molar-refractivity contribution in [3.63, 3.8) is 0 Å². The fraction of sp³-hybridized carbons (Fsp3) is 0.176.